The standard InChI is InChI=1S/C9H15N/c1-3-4-5-6-9(2)7-8-10/h3-6H,2,7-8,10H2,1H3/b4-3-,6-5-. The molecule has 0 aromatic carbocycles. The number of nitrogens with two attached hydrogens (primary N) is 1. The zero-order valence-electron chi connectivity index (χ0n) is 6.51. The molecule has 10 heavy (non-hydrogen) atoms. The summed E-state index contributed by atoms with van der Waals surface area (Å²) in [4.78, 5) is 0. The minimum absolute atomic E-state index is 0.680. The molecule has 0 amide bonds. The minimum Gasteiger partial charge on any atom is -0.330 e. The molecule has 0 spiro atoms. The topological polar surface area (TPSA) is 26.0 Å². The molecule has 0 radical (unpaired) electrons. The van der Waals surface area contributed by atoms with E-state index < -0.39 is 0 Å². The first kappa shape index (κ1) is 9.18. The van der Waals surface area contributed by atoms with Crippen LogP contribution in [0, 0.1) is 0 Å². The molecule has 0 atom stereocenters. The molecule has 0 bridgehead atoms. The fourth-order valence-corrected chi connectivity index (χ4v) is 0.571. The molecule has 2 N–H and O–H groups in total. The van der Waals surface area contributed by atoms with Crippen LogP contribution in [0.15, 0.2) is 36.5 Å². The molecule has 0 saturated heterocycles. The van der Waals surface area contributed by atoms with Crippen molar-refractivity contribution in [3.63, 3.8) is 0 Å². The molecule has 0 aromatic heterocycles. The van der Waals surface area contributed by atoms with Crippen molar-refractivity contribution in [3.8, 4) is 0 Å². The molecule has 0 aliphatic heterocycles. The van der Waals surface area contributed by atoms with E-state index in [9.17, 15) is 0 Å². The molecule has 0 aliphatic rings. The lowest BCUT2D eigenvalue weighted by atomic mass is 10.2. The predicted octanol–water partition coefficient (Wildman–Crippen LogP) is 2.02. The molecule has 1 nitrogen and oxygen atoms in total. The quantitative estimate of drug-likeness (QED) is 0.589. The van der Waals surface area contributed by atoms with Crippen molar-refractivity contribution in [1.29, 1.82) is 0 Å². The van der Waals surface area contributed by atoms with E-state index in [0.717, 1.165) is 12.0 Å². The number of hydrogen-bond donors (Lipinski definition) is 1. The van der Waals surface area contributed by atoms with E-state index >= 15 is 0 Å². The fourth-order valence-electron chi connectivity index (χ4n) is 0.571. The van der Waals surface area contributed by atoms with Gasteiger partial charge in [0.1, 0.15) is 0 Å². The Labute approximate surface area is 62.9 Å². The largest absolute Gasteiger partial charge is 0.330 e. The van der Waals surface area contributed by atoms with Crippen molar-refractivity contribution < 1.29 is 0 Å². The van der Waals surface area contributed by atoms with Crippen LogP contribution in [0.5, 0.6) is 0 Å². The SMILES string of the molecule is C=C(/C=C\C=C/C)CCN. The van der Waals surface area contributed by atoms with Gasteiger partial charge in [0.15, 0.2) is 0 Å². The first-order valence-electron chi connectivity index (χ1n) is 3.48. The van der Waals surface area contributed by atoms with Crippen LogP contribution in [-0.4, -0.2) is 6.54 Å². The van der Waals surface area contributed by atoms with Crippen LogP contribution in [0.4, 0.5) is 0 Å². The first-order chi connectivity index (χ1) is 4.81. The molecule has 0 heterocycles. The van der Waals surface area contributed by atoms with Gasteiger partial charge in [0.2, 0.25) is 0 Å². The normalized spacial score (nSPS) is 11.4. The van der Waals surface area contributed by atoms with E-state index in [-0.39, 0.29) is 0 Å². The third-order valence-electron chi connectivity index (χ3n) is 1.10. The Morgan fingerprint density at radius 1 is 1.50 bits per heavy atom. The predicted molar refractivity (Wildman–Crippen MR) is 46.8 cm³/mol. The van der Waals surface area contributed by atoms with Crippen molar-refractivity contribution >= 4 is 0 Å². The Balaban J connectivity index is 3.56. The van der Waals surface area contributed by atoms with Crippen LogP contribution in [0.3, 0.4) is 0 Å². The highest BCUT2D eigenvalue weighted by molar-refractivity contribution is 5.18. The summed E-state index contributed by atoms with van der Waals surface area (Å²) in [6, 6.07) is 0. The zero-order valence-corrected chi connectivity index (χ0v) is 6.51. The number of hydrogen-bond acceptors (Lipinski definition) is 1. The Hall–Kier alpha value is -0.820. The average Bonchev–Trinajstić information content (AvgIpc) is 1.89. The molecule has 0 rings (SSSR count). The van der Waals surface area contributed by atoms with Gasteiger partial charge in [-0.15, -0.1) is 0 Å². The molecule has 1 heteroatoms. The fraction of sp³-hybridized carbons (Fsp3) is 0.333. The van der Waals surface area contributed by atoms with Gasteiger partial charge < -0.3 is 5.73 Å². The summed E-state index contributed by atoms with van der Waals surface area (Å²) in [6.07, 6.45) is 8.78. The summed E-state index contributed by atoms with van der Waals surface area (Å²) in [5, 5.41) is 0. The molecule has 0 fully saturated rings. The summed E-state index contributed by atoms with van der Waals surface area (Å²) < 4.78 is 0. The third kappa shape index (κ3) is 5.32. The highest BCUT2D eigenvalue weighted by Crippen LogP contribution is 1.97. The van der Waals surface area contributed by atoms with Gasteiger partial charge in [-0.3, -0.25) is 0 Å². The number of rotatable bonds is 4. The molecular weight excluding hydrogens is 122 g/mol. The molecule has 56 valence electrons. The highest BCUT2D eigenvalue weighted by Gasteiger charge is 1.82. The van der Waals surface area contributed by atoms with E-state index in [1.165, 1.54) is 0 Å². The van der Waals surface area contributed by atoms with Crippen LogP contribution >= 0.6 is 0 Å². The molecule has 0 aromatic rings. The molecule has 0 aliphatic carbocycles. The van der Waals surface area contributed by atoms with Crippen LogP contribution < -0.4 is 5.73 Å². The van der Waals surface area contributed by atoms with E-state index in [2.05, 4.69) is 6.58 Å². The van der Waals surface area contributed by atoms with E-state index in [1.54, 1.807) is 0 Å². The van der Waals surface area contributed by atoms with Crippen molar-refractivity contribution in [3.05, 3.63) is 36.5 Å². The first-order valence-corrected chi connectivity index (χ1v) is 3.48. The van der Waals surface area contributed by atoms with Gasteiger partial charge in [0.25, 0.3) is 0 Å². The smallest absolute Gasteiger partial charge is 0.00369 e. The van der Waals surface area contributed by atoms with Gasteiger partial charge in [-0.1, -0.05) is 36.5 Å². The maximum absolute atomic E-state index is 5.32. The van der Waals surface area contributed by atoms with Gasteiger partial charge in [0.05, 0.1) is 0 Å². The third-order valence-corrected chi connectivity index (χ3v) is 1.10. The summed E-state index contributed by atoms with van der Waals surface area (Å²) >= 11 is 0. The monoisotopic (exact) mass is 137 g/mol. The second-order valence-corrected chi connectivity index (χ2v) is 2.08. The summed E-state index contributed by atoms with van der Waals surface area (Å²) in [6.45, 7) is 6.48. The molecule has 0 unspecified atom stereocenters. The van der Waals surface area contributed by atoms with Gasteiger partial charge in [-0.25, -0.2) is 0 Å². The van der Waals surface area contributed by atoms with Gasteiger partial charge in [-0.05, 0) is 19.9 Å². The molecular formula is C9H15N. The lowest BCUT2D eigenvalue weighted by molar-refractivity contribution is 0.977. The van der Waals surface area contributed by atoms with Crippen LogP contribution in [0.25, 0.3) is 0 Å². The van der Waals surface area contributed by atoms with Crippen LogP contribution in [-0.2, 0) is 0 Å². The maximum atomic E-state index is 5.32. The van der Waals surface area contributed by atoms with Gasteiger partial charge in [-0.2, -0.15) is 0 Å². The summed E-state index contributed by atoms with van der Waals surface area (Å²) in [5.41, 5.74) is 6.40. The maximum Gasteiger partial charge on any atom is -0.00369 e. The second-order valence-electron chi connectivity index (χ2n) is 2.08. The summed E-state index contributed by atoms with van der Waals surface area (Å²) in [7, 11) is 0. The van der Waals surface area contributed by atoms with E-state index in [4.69, 9.17) is 5.73 Å². The van der Waals surface area contributed by atoms with Crippen molar-refractivity contribution in [2.45, 2.75) is 13.3 Å². The van der Waals surface area contributed by atoms with Crippen LogP contribution in [0.2, 0.25) is 0 Å². The second kappa shape index (κ2) is 6.30. The Bertz CT molecular complexity index is 143. The van der Waals surface area contributed by atoms with E-state index in [0.29, 0.717) is 6.54 Å². The van der Waals surface area contributed by atoms with Gasteiger partial charge in [0, 0.05) is 0 Å². The van der Waals surface area contributed by atoms with Gasteiger partial charge >= 0.3 is 0 Å². The number of allylic oxidation sites excluding steroid dienone is 4. The van der Waals surface area contributed by atoms with E-state index in [1.807, 2.05) is 31.2 Å². The van der Waals surface area contributed by atoms with Crippen LogP contribution in [0.1, 0.15) is 13.3 Å². The van der Waals surface area contributed by atoms with Crippen molar-refractivity contribution in [2.24, 2.45) is 5.73 Å². The minimum atomic E-state index is 0.680. The highest BCUT2D eigenvalue weighted by atomic mass is 14.5. The zero-order chi connectivity index (χ0) is 7.82. The lowest BCUT2D eigenvalue weighted by Gasteiger charge is -1.92. The molecule has 0 saturated carbocycles. The Kier molecular flexibility index (Phi) is 5.79. The Morgan fingerprint density at radius 2 is 2.20 bits per heavy atom. The Morgan fingerprint density at radius 3 is 2.70 bits per heavy atom. The lowest BCUT2D eigenvalue weighted by Crippen LogP contribution is -1.97. The summed E-state index contributed by atoms with van der Waals surface area (Å²) in [5.74, 6) is 0. The van der Waals surface area contributed by atoms with Crippen molar-refractivity contribution in [1.82, 2.24) is 0 Å². The average molecular weight is 137 g/mol. The van der Waals surface area contributed by atoms with Crippen molar-refractivity contribution in [2.75, 3.05) is 6.54 Å².